The van der Waals surface area contributed by atoms with Gasteiger partial charge in [-0.3, -0.25) is 9.98 Å². The van der Waals surface area contributed by atoms with Crippen LogP contribution in [0.25, 0.3) is 0 Å². The number of thiocarbonyl (C=S) groups is 1. The number of hydrogen-bond acceptors (Lipinski definition) is 4. The molecule has 0 amide bonds. The summed E-state index contributed by atoms with van der Waals surface area (Å²) < 4.78 is 30.9. The fourth-order valence-corrected chi connectivity index (χ4v) is 1.71. The first-order valence-corrected chi connectivity index (χ1v) is 5.91. The Bertz CT molecular complexity index is 531. The van der Waals surface area contributed by atoms with Crippen molar-refractivity contribution in [1.29, 1.82) is 0 Å². The Labute approximate surface area is 126 Å². The molecule has 0 bridgehead atoms. The van der Waals surface area contributed by atoms with E-state index >= 15 is 0 Å². The molecule has 0 atom stereocenters. The number of nitrogens with zero attached hydrogens (tertiary/aromatic N) is 1. The molecule has 0 fully saturated rings. The van der Waals surface area contributed by atoms with Gasteiger partial charge in [0.15, 0.2) is 5.11 Å². The fraction of sp³-hybridized carbons (Fsp3) is 0. The maximum Gasteiger partial charge on any atom is 1.00 e. The Balaban J connectivity index is 0.00000256. The molecule has 0 heterocycles. The topological polar surface area (TPSA) is 105 Å². The minimum absolute atomic E-state index is 0. The average Bonchev–Trinajstić information content (AvgIpc) is 2.16. The molecular formula is C8H9N3NaO3S2+. The fourth-order valence-electron chi connectivity index (χ4n) is 0.988. The molecule has 0 unspecified atom stereocenters. The first kappa shape index (κ1) is 16.5. The van der Waals surface area contributed by atoms with Crippen molar-refractivity contribution < 1.29 is 42.5 Å². The smallest absolute Gasteiger partial charge is 0.375 e. The van der Waals surface area contributed by atoms with Gasteiger partial charge in [0.05, 0.1) is 6.21 Å². The molecule has 0 saturated heterocycles. The zero-order chi connectivity index (χ0) is 12.2. The Morgan fingerprint density at radius 1 is 1.47 bits per heavy atom. The molecular weight excluding hydrogens is 273 g/mol. The van der Waals surface area contributed by atoms with Crippen LogP contribution < -0.4 is 40.7 Å². The molecule has 6 nitrogen and oxygen atoms in total. The number of benzene rings is 1. The third-order valence-electron chi connectivity index (χ3n) is 1.58. The zero-order valence-electron chi connectivity index (χ0n) is 8.99. The predicted octanol–water partition coefficient (Wildman–Crippen LogP) is -2.90. The van der Waals surface area contributed by atoms with Crippen molar-refractivity contribution in [3.8, 4) is 0 Å². The maximum absolute atomic E-state index is 11.0. The molecule has 1 aromatic carbocycles. The van der Waals surface area contributed by atoms with E-state index in [1.807, 2.05) is 0 Å². The molecule has 1 rings (SSSR count). The Kier molecular flexibility index (Phi) is 6.83. The van der Waals surface area contributed by atoms with Crippen molar-refractivity contribution >= 4 is 33.7 Å². The second-order valence-electron chi connectivity index (χ2n) is 2.75. The number of hydrogen-bond donors (Lipinski definition) is 3. The third kappa shape index (κ3) is 5.57. The Morgan fingerprint density at radius 3 is 2.59 bits per heavy atom. The van der Waals surface area contributed by atoms with Gasteiger partial charge >= 0.3 is 29.6 Å². The summed E-state index contributed by atoms with van der Waals surface area (Å²) in [5.41, 5.74) is 7.62. The van der Waals surface area contributed by atoms with Crippen LogP contribution in [-0.2, 0) is 10.1 Å². The summed E-state index contributed by atoms with van der Waals surface area (Å²) >= 11 is 4.50. The van der Waals surface area contributed by atoms with Gasteiger partial charge in [0, 0.05) is 5.56 Å². The van der Waals surface area contributed by atoms with Gasteiger partial charge in [0.1, 0.15) is 4.90 Å². The molecule has 0 radical (unpaired) electrons. The summed E-state index contributed by atoms with van der Waals surface area (Å²) in [6.45, 7) is 0. The molecule has 0 aromatic heterocycles. The van der Waals surface area contributed by atoms with E-state index in [9.17, 15) is 8.42 Å². The van der Waals surface area contributed by atoms with E-state index in [4.69, 9.17) is 10.3 Å². The van der Waals surface area contributed by atoms with E-state index in [-0.39, 0.29) is 45.1 Å². The van der Waals surface area contributed by atoms with Gasteiger partial charge < -0.3 is 5.73 Å². The summed E-state index contributed by atoms with van der Waals surface area (Å²) in [4.78, 5) is -0.233. The van der Waals surface area contributed by atoms with E-state index in [0.717, 1.165) is 0 Å². The summed E-state index contributed by atoms with van der Waals surface area (Å²) in [6.07, 6.45) is 1.20. The number of hydrazone groups is 1. The van der Waals surface area contributed by atoms with E-state index in [1.54, 1.807) is 6.07 Å². The van der Waals surface area contributed by atoms with Crippen molar-refractivity contribution in [1.82, 2.24) is 5.43 Å². The minimum atomic E-state index is -4.27. The molecule has 0 aliphatic heterocycles. The second-order valence-corrected chi connectivity index (χ2v) is 4.58. The molecule has 0 aliphatic rings. The molecule has 0 saturated carbocycles. The van der Waals surface area contributed by atoms with Gasteiger partial charge in [-0.15, -0.1) is 0 Å². The molecule has 86 valence electrons. The van der Waals surface area contributed by atoms with Crippen LogP contribution in [-0.4, -0.2) is 24.3 Å². The van der Waals surface area contributed by atoms with Gasteiger partial charge in [-0.1, -0.05) is 18.2 Å². The van der Waals surface area contributed by atoms with Crippen molar-refractivity contribution in [2.45, 2.75) is 4.90 Å². The first-order chi connectivity index (χ1) is 7.41. The van der Waals surface area contributed by atoms with Crippen molar-refractivity contribution in [2.75, 3.05) is 0 Å². The monoisotopic (exact) mass is 282 g/mol. The van der Waals surface area contributed by atoms with Crippen molar-refractivity contribution in [3.63, 3.8) is 0 Å². The van der Waals surface area contributed by atoms with Gasteiger partial charge in [-0.05, 0) is 18.3 Å². The quantitative estimate of drug-likeness (QED) is 0.181. The summed E-state index contributed by atoms with van der Waals surface area (Å²) in [6, 6.07) is 5.84. The first-order valence-electron chi connectivity index (χ1n) is 4.06. The molecule has 0 spiro atoms. The number of nitrogens with one attached hydrogen (secondary N) is 1. The molecule has 0 aliphatic carbocycles. The van der Waals surface area contributed by atoms with Gasteiger partial charge in [-0.2, -0.15) is 13.5 Å². The number of rotatable bonds is 3. The van der Waals surface area contributed by atoms with Crippen LogP contribution in [0.5, 0.6) is 0 Å². The van der Waals surface area contributed by atoms with E-state index in [1.165, 1.54) is 24.4 Å². The predicted molar refractivity (Wildman–Crippen MR) is 63.8 cm³/mol. The van der Waals surface area contributed by atoms with Crippen LogP contribution in [0, 0.1) is 0 Å². The second kappa shape index (κ2) is 7.04. The Morgan fingerprint density at radius 2 is 2.06 bits per heavy atom. The van der Waals surface area contributed by atoms with E-state index in [0.29, 0.717) is 0 Å². The molecule has 4 N–H and O–H groups in total. The van der Waals surface area contributed by atoms with Crippen molar-refractivity contribution in [2.24, 2.45) is 10.8 Å². The summed E-state index contributed by atoms with van der Waals surface area (Å²) in [5.74, 6) is 0. The summed E-state index contributed by atoms with van der Waals surface area (Å²) in [5, 5.41) is 3.56. The maximum atomic E-state index is 11.0. The largest absolute Gasteiger partial charge is 1.00 e. The minimum Gasteiger partial charge on any atom is -0.375 e. The van der Waals surface area contributed by atoms with Crippen molar-refractivity contribution in [3.05, 3.63) is 29.8 Å². The molecule has 17 heavy (non-hydrogen) atoms. The zero-order valence-corrected chi connectivity index (χ0v) is 12.6. The van der Waals surface area contributed by atoms with Gasteiger partial charge in [0.25, 0.3) is 10.1 Å². The molecule has 9 heteroatoms. The van der Waals surface area contributed by atoms with Gasteiger partial charge in [0.2, 0.25) is 0 Å². The normalized spacial score (nSPS) is 10.9. The standard InChI is InChI=1S/C8H9N3O3S2.Na/c9-8(15)11-10-5-6-3-1-2-4-7(6)16(12,13)14;/h1-5H,(H3,9,11,15)(H,12,13,14);/q;+1/b10-5+;. The Hall–Kier alpha value is -0.510. The van der Waals surface area contributed by atoms with Crippen LogP contribution in [0.4, 0.5) is 0 Å². The third-order valence-corrected chi connectivity index (χ3v) is 2.59. The van der Waals surface area contributed by atoms with E-state index in [2.05, 4.69) is 22.7 Å². The average molecular weight is 282 g/mol. The number of nitrogens with two attached hydrogens (primary N) is 1. The SMILES string of the molecule is NC(=S)N/N=C/c1ccccc1S(=O)(=O)O.[Na+]. The molecule has 1 aromatic rings. The van der Waals surface area contributed by atoms with Crippen LogP contribution in [0.2, 0.25) is 0 Å². The van der Waals surface area contributed by atoms with Crippen LogP contribution in [0.1, 0.15) is 5.56 Å². The van der Waals surface area contributed by atoms with E-state index < -0.39 is 10.1 Å². The summed E-state index contributed by atoms with van der Waals surface area (Å²) in [7, 11) is -4.27. The van der Waals surface area contributed by atoms with Crippen LogP contribution in [0.3, 0.4) is 0 Å². The van der Waals surface area contributed by atoms with Crippen LogP contribution >= 0.6 is 12.2 Å². The van der Waals surface area contributed by atoms with Crippen LogP contribution in [0.15, 0.2) is 34.3 Å². The van der Waals surface area contributed by atoms with Gasteiger partial charge in [-0.25, -0.2) is 0 Å².